The van der Waals surface area contributed by atoms with Crippen LogP contribution in [-0.2, 0) is 19.6 Å². The fraction of sp³-hybridized carbons (Fsp3) is 0.111. The van der Waals surface area contributed by atoms with E-state index in [1.807, 2.05) is 0 Å². The zero-order valence-electron chi connectivity index (χ0n) is 13.9. The fourth-order valence-electron chi connectivity index (χ4n) is 1.99. The highest BCUT2D eigenvalue weighted by atomic mass is 32.2. The summed E-state index contributed by atoms with van der Waals surface area (Å²) in [4.78, 5) is 11.8. The van der Waals surface area contributed by atoms with Gasteiger partial charge in [-0.25, -0.2) is 17.9 Å². The molecule has 1 aromatic heterocycles. The predicted molar refractivity (Wildman–Crippen MR) is 95.1 cm³/mol. The second kappa shape index (κ2) is 8.29. The summed E-state index contributed by atoms with van der Waals surface area (Å²) in [5.41, 5.74) is 0.440. The normalized spacial score (nSPS) is 11.6. The molecule has 0 aliphatic heterocycles. The van der Waals surface area contributed by atoms with Gasteiger partial charge in [0.05, 0.1) is 4.90 Å². The van der Waals surface area contributed by atoms with Crippen LogP contribution in [0.3, 0.4) is 0 Å². The lowest BCUT2D eigenvalue weighted by molar-refractivity contribution is -0.137. The summed E-state index contributed by atoms with van der Waals surface area (Å²) >= 11 is 0. The van der Waals surface area contributed by atoms with Gasteiger partial charge in [0, 0.05) is 11.6 Å². The number of sulfonamides is 1. The molecule has 0 saturated carbocycles. The molecule has 1 heterocycles. The molecule has 0 radical (unpaired) electrons. The molecule has 0 amide bonds. The second-order valence-electron chi connectivity index (χ2n) is 4.99. The van der Waals surface area contributed by atoms with Crippen LogP contribution in [0.5, 0.6) is 0 Å². The molecule has 0 spiro atoms. The van der Waals surface area contributed by atoms with E-state index in [1.54, 1.807) is 30.3 Å². The van der Waals surface area contributed by atoms with Crippen molar-refractivity contribution in [2.45, 2.75) is 4.90 Å². The topological polar surface area (TPSA) is 109 Å². The first kappa shape index (κ1) is 19.2. The van der Waals surface area contributed by atoms with Gasteiger partial charge in [-0.2, -0.15) is 5.26 Å². The molecule has 0 unspecified atom stereocenters. The monoisotopic (exact) mass is 372 g/mol. The van der Waals surface area contributed by atoms with Gasteiger partial charge in [0.25, 0.3) is 0 Å². The summed E-state index contributed by atoms with van der Waals surface area (Å²) in [7, 11) is -2.18. The molecule has 8 heteroatoms. The van der Waals surface area contributed by atoms with Gasteiger partial charge < -0.3 is 9.15 Å². The first-order chi connectivity index (χ1) is 12.4. The first-order valence-electron chi connectivity index (χ1n) is 7.45. The fourth-order valence-corrected chi connectivity index (χ4v) is 2.72. The summed E-state index contributed by atoms with van der Waals surface area (Å²) in [6, 6.07) is 11.1. The Labute approximate surface area is 151 Å². The zero-order valence-corrected chi connectivity index (χ0v) is 14.7. The van der Waals surface area contributed by atoms with E-state index in [0.717, 1.165) is 0 Å². The van der Waals surface area contributed by atoms with Crippen molar-refractivity contribution in [1.82, 2.24) is 4.72 Å². The van der Waals surface area contributed by atoms with Crippen LogP contribution in [0.2, 0.25) is 0 Å². The zero-order chi connectivity index (χ0) is 19.2. The Morgan fingerprint density at radius 1 is 1.31 bits per heavy atom. The average molecular weight is 372 g/mol. The van der Waals surface area contributed by atoms with Gasteiger partial charge in [-0.3, -0.25) is 0 Å². The Morgan fingerprint density at radius 3 is 2.58 bits per heavy atom. The quantitative estimate of drug-likeness (QED) is 0.346. The maximum atomic E-state index is 11.7. The van der Waals surface area contributed by atoms with Crippen LogP contribution in [0.4, 0.5) is 0 Å². The number of esters is 1. The molecule has 0 bridgehead atoms. The van der Waals surface area contributed by atoms with Gasteiger partial charge in [0.2, 0.25) is 10.0 Å². The molecule has 0 aliphatic carbocycles. The summed E-state index contributed by atoms with van der Waals surface area (Å²) < 4.78 is 36.1. The highest BCUT2D eigenvalue weighted by Gasteiger charge is 2.13. The van der Waals surface area contributed by atoms with Crippen LogP contribution in [-0.4, -0.2) is 28.0 Å². The smallest absolute Gasteiger partial charge is 0.349 e. The molecule has 0 atom stereocenters. The Morgan fingerprint density at radius 2 is 2.00 bits per heavy atom. The number of furan rings is 1. The molecule has 7 nitrogen and oxygen atoms in total. The molecular weight excluding hydrogens is 356 g/mol. The van der Waals surface area contributed by atoms with Gasteiger partial charge in [0.1, 0.15) is 29.8 Å². The maximum Gasteiger partial charge on any atom is 0.349 e. The van der Waals surface area contributed by atoms with Crippen molar-refractivity contribution in [2.24, 2.45) is 0 Å². The van der Waals surface area contributed by atoms with Crippen LogP contribution in [0, 0.1) is 11.3 Å². The molecule has 1 N–H and O–H groups in total. The SMILES string of the molecule is C=CCOC(=O)C(C#N)=Cc1ccc(-c2ccc(S(=O)(=O)NC)cc2)o1. The molecular formula is C18H16N2O5S. The van der Waals surface area contributed by atoms with Crippen LogP contribution in [0.25, 0.3) is 17.4 Å². The van der Waals surface area contributed by atoms with E-state index >= 15 is 0 Å². The molecule has 2 aromatic rings. The molecule has 2 rings (SSSR count). The number of ether oxygens (including phenoxy) is 1. The van der Waals surface area contributed by atoms with Crippen molar-refractivity contribution >= 4 is 22.1 Å². The number of nitriles is 1. The third-order valence-corrected chi connectivity index (χ3v) is 4.73. The van der Waals surface area contributed by atoms with Crippen molar-refractivity contribution in [2.75, 3.05) is 13.7 Å². The summed E-state index contributed by atoms with van der Waals surface area (Å²) in [5, 5.41) is 9.06. The van der Waals surface area contributed by atoms with E-state index in [9.17, 15) is 13.2 Å². The lowest BCUT2D eigenvalue weighted by Crippen LogP contribution is -2.18. The molecule has 0 fully saturated rings. The van der Waals surface area contributed by atoms with Crippen molar-refractivity contribution in [3.05, 3.63) is 60.4 Å². The van der Waals surface area contributed by atoms with Crippen LogP contribution in [0.15, 0.2) is 63.9 Å². The van der Waals surface area contributed by atoms with Crippen molar-refractivity contribution in [3.8, 4) is 17.4 Å². The second-order valence-corrected chi connectivity index (χ2v) is 6.88. The van der Waals surface area contributed by atoms with Crippen molar-refractivity contribution in [3.63, 3.8) is 0 Å². The van der Waals surface area contributed by atoms with E-state index in [2.05, 4.69) is 11.3 Å². The van der Waals surface area contributed by atoms with Gasteiger partial charge >= 0.3 is 5.97 Å². The van der Waals surface area contributed by atoms with E-state index < -0.39 is 16.0 Å². The maximum absolute atomic E-state index is 11.7. The molecule has 0 aliphatic rings. The highest BCUT2D eigenvalue weighted by Crippen LogP contribution is 2.24. The van der Waals surface area contributed by atoms with Gasteiger partial charge in [0.15, 0.2) is 0 Å². The minimum Gasteiger partial charge on any atom is -0.457 e. The molecule has 0 saturated heterocycles. The number of carbonyl (C=O) groups is 1. The van der Waals surface area contributed by atoms with E-state index in [0.29, 0.717) is 17.1 Å². The van der Waals surface area contributed by atoms with Gasteiger partial charge in [-0.05, 0) is 43.4 Å². The predicted octanol–water partition coefficient (Wildman–Crippen LogP) is 2.49. The van der Waals surface area contributed by atoms with Crippen LogP contribution < -0.4 is 4.72 Å². The third kappa shape index (κ3) is 4.47. The molecule has 1 aromatic carbocycles. The summed E-state index contributed by atoms with van der Waals surface area (Å²) in [6.07, 6.45) is 2.67. The average Bonchev–Trinajstić information content (AvgIpc) is 3.12. The Kier molecular flexibility index (Phi) is 6.11. The largest absolute Gasteiger partial charge is 0.457 e. The number of nitrogens with one attached hydrogen (secondary N) is 1. The summed E-state index contributed by atoms with van der Waals surface area (Å²) in [6.45, 7) is 3.43. The standard InChI is InChI=1S/C18H16N2O5S/c1-3-10-24-18(21)14(12-19)11-15-6-9-17(25-15)13-4-7-16(8-5-13)26(22,23)20-2/h3-9,11,20H,1,10H2,2H3. The minimum atomic E-state index is -3.51. The number of benzene rings is 1. The van der Waals surface area contributed by atoms with E-state index in [-0.39, 0.29) is 17.1 Å². The number of hydrogen-bond donors (Lipinski definition) is 1. The van der Waals surface area contributed by atoms with Gasteiger partial charge in [-0.1, -0.05) is 12.7 Å². The lowest BCUT2D eigenvalue weighted by Gasteiger charge is -2.03. The number of hydrogen-bond acceptors (Lipinski definition) is 6. The number of carbonyl (C=O) groups excluding carboxylic acids is 1. The van der Waals surface area contributed by atoms with Crippen molar-refractivity contribution < 1.29 is 22.4 Å². The Balaban J connectivity index is 2.24. The first-order valence-corrected chi connectivity index (χ1v) is 8.93. The van der Waals surface area contributed by atoms with Gasteiger partial charge in [-0.15, -0.1) is 0 Å². The third-order valence-electron chi connectivity index (χ3n) is 3.30. The molecule has 26 heavy (non-hydrogen) atoms. The number of nitrogens with zero attached hydrogens (tertiary/aromatic N) is 1. The molecule has 134 valence electrons. The Bertz CT molecular complexity index is 979. The summed E-state index contributed by atoms with van der Waals surface area (Å²) in [5.74, 6) is -0.0209. The van der Waals surface area contributed by atoms with Crippen LogP contribution >= 0.6 is 0 Å². The highest BCUT2D eigenvalue weighted by molar-refractivity contribution is 7.89. The van der Waals surface area contributed by atoms with E-state index in [1.165, 1.54) is 31.3 Å². The Hall–Kier alpha value is -3.15. The van der Waals surface area contributed by atoms with E-state index in [4.69, 9.17) is 14.4 Å². The minimum absolute atomic E-state index is 0.00311. The lowest BCUT2D eigenvalue weighted by atomic mass is 10.2. The van der Waals surface area contributed by atoms with Crippen molar-refractivity contribution in [1.29, 1.82) is 5.26 Å². The van der Waals surface area contributed by atoms with Crippen LogP contribution in [0.1, 0.15) is 5.76 Å². The number of rotatable bonds is 7.